The standard InChI is InChI=1S/C5H10N2OS/c1-5(2)9(8)7-4-3-6/h5,7H,4H2,1-2H3. The number of nitrogens with one attached hydrogen (secondary N) is 1. The molecule has 0 aromatic rings. The molecule has 0 heterocycles. The van der Waals surface area contributed by atoms with E-state index in [2.05, 4.69) is 4.72 Å². The summed E-state index contributed by atoms with van der Waals surface area (Å²) < 4.78 is 13.3. The second kappa shape index (κ2) is 4.48. The molecule has 0 aliphatic heterocycles. The smallest absolute Gasteiger partial charge is 0.0954 e. The molecule has 4 heteroatoms. The lowest BCUT2D eigenvalue weighted by atomic mass is 10.6. The summed E-state index contributed by atoms with van der Waals surface area (Å²) in [6.07, 6.45) is 0. The van der Waals surface area contributed by atoms with E-state index in [0.29, 0.717) is 0 Å². The van der Waals surface area contributed by atoms with E-state index >= 15 is 0 Å². The van der Waals surface area contributed by atoms with Gasteiger partial charge in [-0.05, 0) is 13.8 Å². The van der Waals surface area contributed by atoms with E-state index in [-0.39, 0.29) is 11.8 Å². The van der Waals surface area contributed by atoms with Crippen LogP contribution in [0.1, 0.15) is 13.8 Å². The Morgan fingerprint density at radius 2 is 2.33 bits per heavy atom. The average molecular weight is 146 g/mol. The van der Waals surface area contributed by atoms with Gasteiger partial charge in [-0.3, -0.25) is 0 Å². The molecule has 1 unspecified atom stereocenters. The Kier molecular flexibility index (Phi) is 4.28. The van der Waals surface area contributed by atoms with Gasteiger partial charge >= 0.3 is 0 Å². The van der Waals surface area contributed by atoms with Crippen molar-refractivity contribution in [2.75, 3.05) is 6.54 Å². The Hall–Kier alpha value is -0.400. The molecule has 0 bridgehead atoms. The quantitative estimate of drug-likeness (QED) is 0.577. The van der Waals surface area contributed by atoms with Crippen LogP contribution in [0.3, 0.4) is 0 Å². The van der Waals surface area contributed by atoms with Gasteiger partial charge in [0.15, 0.2) is 0 Å². The fourth-order valence-electron chi connectivity index (χ4n) is 0.270. The molecule has 0 aromatic heterocycles. The fraction of sp³-hybridized carbons (Fsp3) is 0.800. The molecule has 0 saturated carbocycles. The van der Waals surface area contributed by atoms with Crippen LogP contribution in [0.25, 0.3) is 0 Å². The Morgan fingerprint density at radius 1 is 1.78 bits per heavy atom. The summed E-state index contributed by atoms with van der Waals surface area (Å²) in [6, 6.07) is 1.85. The van der Waals surface area contributed by atoms with Crippen molar-refractivity contribution in [2.24, 2.45) is 0 Å². The van der Waals surface area contributed by atoms with E-state index in [1.807, 2.05) is 19.9 Å². The van der Waals surface area contributed by atoms with Crippen LogP contribution < -0.4 is 4.72 Å². The van der Waals surface area contributed by atoms with Gasteiger partial charge in [-0.1, -0.05) is 0 Å². The number of hydrogen-bond donors (Lipinski definition) is 1. The summed E-state index contributed by atoms with van der Waals surface area (Å²) in [7, 11) is -1.04. The average Bonchev–Trinajstić information content (AvgIpc) is 1.82. The Balaban J connectivity index is 3.42. The zero-order valence-corrected chi connectivity index (χ0v) is 6.36. The maximum atomic E-state index is 10.8. The highest BCUT2D eigenvalue weighted by molar-refractivity contribution is 7.83. The topological polar surface area (TPSA) is 52.9 Å². The molecule has 0 spiro atoms. The van der Waals surface area contributed by atoms with Crippen molar-refractivity contribution in [3.8, 4) is 6.07 Å². The third-order valence-electron chi connectivity index (χ3n) is 0.722. The SMILES string of the molecule is CC(C)S(=O)NCC#N. The van der Waals surface area contributed by atoms with Gasteiger partial charge in [0.25, 0.3) is 0 Å². The lowest BCUT2D eigenvalue weighted by molar-refractivity contribution is 0.669. The van der Waals surface area contributed by atoms with Crippen LogP contribution in [0.15, 0.2) is 0 Å². The lowest BCUT2D eigenvalue weighted by Gasteiger charge is -2.01. The van der Waals surface area contributed by atoms with Crippen LogP contribution in [-0.4, -0.2) is 16.0 Å². The largest absolute Gasteiger partial charge is 0.243 e. The Labute approximate surface area is 57.7 Å². The second-order valence-corrected chi connectivity index (χ2v) is 3.65. The first-order chi connectivity index (χ1) is 4.18. The van der Waals surface area contributed by atoms with Crippen LogP contribution in [0, 0.1) is 11.3 Å². The summed E-state index contributed by atoms with van der Waals surface area (Å²) in [5.41, 5.74) is 0. The number of nitrogens with zero attached hydrogens (tertiary/aromatic N) is 1. The minimum absolute atomic E-state index is 0.0818. The molecule has 9 heavy (non-hydrogen) atoms. The normalized spacial score (nSPS) is 13.1. The third-order valence-corrected chi connectivity index (χ3v) is 2.01. The summed E-state index contributed by atoms with van der Waals surface area (Å²) in [5.74, 6) is 0. The molecule has 0 fully saturated rings. The van der Waals surface area contributed by atoms with Gasteiger partial charge in [0.1, 0.15) is 0 Å². The van der Waals surface area contributed by atoms with E-state index < -0.39 is 11.0 Å². The highest BCUT2D eigenvalue weighted by Gasteiger charge is 2.01. The van der Waals surface area contributed by atoms with Crippen LogP contribution >= 0.6 is 0 Å². The Morgan fingerprint density at radius 3 is 2.67 bits per heavy atom. The van der Waals surface area contributed by atoms with Crippen LogP contribution in [0.2, 0.25) is 0 Å². The van der Waals surface area contributed by atoms with Gasteiger partial charge in [0.2, 0.25) is 0 Å². The van der Waals surface area contributed by atoms with Crippen molar-refractivity contribution >= 4 is 11.0 Å². The molecule has 0 aliphatic rings. The van der Waals surface area contributed by atoms with Crippen molar-refractivity contribution < 1.29 is 4.21 Å². The van der Waals surface area contributed by atoms with Crippen LogP contribution in [0.5, 0.6) is 0 Å². The molecular weight excluding hydrogens is 136 g/mol. The van der Waals surface area contributed by atoms with Crippen LogP contribution in [-0.2, 0) is 11.0 Å². The second-order valence-electron chi connectivity index (χ2n) is 1.83. The summed E-state index contributed by atoms with van der Waals surface area (Å²) in [6.45, 7) is 3.83. The Bertz CT molecular complexity index is 138. The summed E-state index contributed by atoms with van der Waals surface area (Å²) >= 11 is 0. The maximum Gasteiger partial charge on any atom is 0.0954 e. The fourth-order valence-corrected chi connectivity index (χ4v) is 0.810. The van der Waals surface area contributed by atoms with Gasteiger partial charge in [-0.2, -0.15) is 5.26 Å². The molecule has 0 aliphatic carbocycles. The van der Waals surface area contributed by atoms with Gasteiger partial charge in [-0.25, -0.2) is 8.93 Å². The monoisotopic (exact) mass is 146 g/mol. The minimum Gasteiger partial charge on any atom is -0.243 e. The number of nitriles is 1. The first kappa shape index (κ1) is 8.60. The molecule has 0 aromatic carbocycles. The van der Waals surface area contributed by atoms with Crippen molar-refractivity contribution in [3.63, 3.8) is 0 Å². The van der Waals surface area contributed by atoms with E-state index in [1.54, 1.807) is 0 Å². The van der Waals surface area contributed by atoms with Gasteiger partial charge in [-0.15, -0.1) is 0 Å². The lowest BCUT2D eigenvalue weighted by Crippen LogP contribution is -2.24. The first-order valence-corrected chi connectivity index (χ1v) is 3.90. The van der Waals surface area contributed by atoms with Gasteiger partial charge in [0, 0.05) is 5.25 Å². The maximum absolute atomic E-state index is 10.8. The van der Waals surface area contributed by atoms with Gasteiger partial charge in [0.05, 0.1) is 23.6 Å². The van der Waals surface area contributed by atoms with Crippen LogP contribution in [0.4, 0.5) is 0 Å². The molecule has 1 N–H and O–H groups in total. The zero-order valence-electron chi connectivity index (χ0n) is 5.55. The van der Waals surface area contributed by atoms with Crippen molar-refractivity contribution in [1.82, 2.24) is 4.72 Å². The minimum atomic E-state index is -1.04. The highest BCUT2D eigenvalue weighted by Crippen LogP contribution is 1.87. The summed E-state index contributed by atoms with van der Waals surface area (Å²) in [4.78, 5) is 0. The molecule has 0 radical (unpaired) electrons. The third kappa shape index (κ3) is 4.13. The zero-order chi connectivity index (χ0) is 7.28. The predicted molar refractivity (Wildman–Crippen MR) is 36.9 cm³/mol. The van der Waals surface area contributed by atoms with Crippen molar-refractivity contribution in [1.29, 1.82) is 5.26 Å². The first-order valence-electron chi connectivity index (χ1n) is 2.69. The highest BCUT2D eigenvalue weighted by atomic mass is 32.2. The summed E-state index contributed by atoms with van der Waals surface area (Å²) in [5, 5.41) is 8.13. The van der Waals surface area contributed by atoms with Crippen molar-refractivity contribution in [3.05, 3.63) is 0 Å². The number of rotatable bonds is 3. The van der Waals surface area contributed by atoms with E-state index in [9.17, 15) is 4.21 Å². The number of hydrogen-bond acceptors (Lipinski definition) is 2. The van der Waals surface area contributed by atoms with E-state index in [0.717, 1.165) is 0 Å². The van der Waals surface area contributed by atoms with E-state index in [4.69, 9.17) is 5.26 Å². The molecule has 0 rings (SSSR count). The molecule has 1 atom stereocenters. The predicted octanol–water partition coefficient (Wildman–Crippen LogP) is 0.172. The van der Waals surface area contributed by atoms with Gasteiger partial charge < -0.3 is 0 Å². The molecule has 3 nitrogen and oxygen atoms in total. The molecular formula is C5H10N2OS. The molecule has 0 saturated heterocycles. The molecule has 52 valence electrons. The van der Waals surface area contributed by atoms with Crippen molar-refractivity contribution in [2.45, 2.75) is 19.1 Å². The van der Waals surface area contributed by atoms with E-state index in [1.165, 1.54) is 0 Å². The molecule has 0 amide bonds.